The third-order valence-electron chi connectivity index (χ3n) is 5.84. The number of piperidine rings is 1. The molecule has 3 rings (SSSR count). The van der Waals surface area contributed by atoms with Gasteiger partial charge < -0.3 is 15.0 Å². The van der Waals surface area contributed by atoms with Crippen molar-refractivity contribution in [2.75, 3.05) is 26.2 Å². The summed E-state index contributed by atoms with van der Waals surface area (Å²) in [4.78, 5) is 2.66. The number of hydrogen-bond acceptors (Lipinski definition) is 3. The zero-order valence-corrected chi connectivity index (χ0v) is 14.1. The molecule has 1 aliphatic carbocycles. The Labute approximate surface area is 130 Å². The van der Waals surface area contributed by atoms with Gasteiger partial charge in [-0.15, -0.1) is 0 Å². The summed E-state index contributed by atoms with van der Waals surface area (Å²) in [6.45, 7) is 9.42. The van der Waals surface area contributed by atoms with E-state index >= 15 is 0 Å². The molecule has 3 aliphatic rings. The van der Waals surface area contributed by atoms with Crippen molar-refractivity contribution in [2.45, 2.75) is 83.0 Å². The van der Waals surface area contributed by atoms with E-state index in [1.54, 1.807) is 0 Å². The van der Waals surface area contributed by atoms with Crippen molar-refractivity contribution >= 4 is 0 Å². The van der Waals surface area contributed by atoms with Crippen molar-refractivity contribution in [1.29, 1.82) is 0 Å². The first-order chi connectivity index (χ1) is 10.2. The molecular formula is C18H34N2O. The van der Waals surface area contributed by atoms with Crippen LogP contribution in [0.2, 0.25) is 0 Å². The molecule has 1 unspecified atom stereocenters. The molecule has 1 N–H and O–H groups in total. The highest BCUT2D eigenvalue weighted by molar-refractivity contribution is 4.93. The van der Waals surface area contributed by atoms with Crippen LogP contribution < -0.4 is 5.32 Å². The van der Waals surface area contributed by atoms with Gasteiger partial charge in [-0.3, -0.25) is 0 Å². The zero-order chi connectivity index (χ0) is 14.7. The molecule has 3 fully saturated rings. The van der Waals surface area contributed by atoms with Gasteiger partial charge in [0.2, 0.25) is 0 Å². The maximum absolute atomic E-state index is 6.46. The van der Waals surface area contributed by atoms with Crippen LogP contribution in [0.15, 0.2) is 0 Å². The molecule has 0 aromatic rings. The standard InChI is InChI=1S/C18H34N2O/c1-15(2)19-13-16-6-11-20(12-7-16)14-17-5-10-18(21-17)8-3-4-9-18/h15-17,19H,3-14H2,1-2H3. The number of ether oxygens (including phenoxy) is 1. The predicted molar refractivity (Wildman–Crippen MR) is 87.6 cm³/mol. The smallest absolute Gasteiger partial charge is 0.0710 e. The summed E-state index contributed by atoms with van der Waals surface area (Å²) in [5.41, 5.74) is 0.310. The number of hydrogen-bond donors (Lipinski definition) is 1. The van der Waals surface area contributed by atoms with Crippen LogP contribution in [0.4, 0.5) is 0 Å². The predicted octanol–water partition coefficient (Wildman–Crippen LogP) is 3.19. The van der Waals surface area contributed by atoms with Gasteiger partial charge in [0.1, 0.15) is 0 Å². The first-order valence-corrected chi connectivity index (χ1v) is 9.29. The van der Waals surface area contributed by atoms with Gasteiger partial charge >= 0.3 is 0 Å². The molecule has 0 amide bonds. The zero-order valence-electron chi connectivity index (χ0n) is 14.1. The Balaban J connectivity index is 1.36. The second-order valence-electron chi connectivity index (χ2n) is 7.98. The van der Waals surface area contributed by atoms with E-state index in [2.05, 4.69) is 24.1 Å². The number of nitrogens with one attached hydrogen (secondary N) is 1. The summed E-state index contributed by atoms with van der Waals surface area (Å²) >= 11 is 0. The molecule has 0 aromatic heterocycles. The van der Waals surface area contributed by atoms with Gasteiger partial charge in [-0.2, -0.15) is 0 Å². The third-order valence-corrected chi connectivity index (χ3v) is 5.84. The Bertz CT molecular complexity index is 317. The van der Waals surface area contributed by atoms with E-state index in [-0.39, 0.29) is 0 Å². The largest absolute Gasteiger partial charge is 0.370 e. The average molecular weight is 294 g/mol. The summed E-state index contributed by atoms with van der Waals surface area (Å²) in [5, 5.41) is 3.59. The van der Waals surface area contributed by atoms with E-state index in [1.165, 1.54) is 77.5 Å². The normalized spacial score (nSPS) is 30.7. The van der Waals surface area contributed by atoms with Crippen LogP contribution in [-0.2, 0) is 4.74 Å². The minimum absolute atomic E-state index is 0.310. The monoisotopic (exact) mass is 294 g/mol. The van der Waals surface area contributed by atoms with E-state index in [4.69, 9.17) is 4.74 Å². The molecule has 2 saturated heterocycles. The topological polar surface area (TPSA) is 24.5 Å². The summed E-state index contributed by atoms with van der Waals surface area (Å²) in [6.07, 6.45) is 11.3. The second-order valence-corrected chi connectivity index (χ2v) is 7.98. The number of likely N-dealkylation sites (tertiary alicyclic amines) is 1. The summed E-state index contributed by atoms with van der Waals surface area (Å²) in [5.74, 6) is 0.884. The van der Waals surface area contributed by atoms with Crippen LogP contribution in [0.1, 0.15) is 65.2 Å². The maximum atomic E-state index is 6.46. The van der Waals surface area contributed by atoms with E-state index in [1.807, 2.05) is 0 Å². The molecular weight excluding hydrogens is 260 g/mol. The molecule has 0 radical (unpaired) electrons. The Morgan fingerprint density at radius 2 is 1.81 bits per heavy atom. The first kappa shape index (κ1) is 15.8. The van der Waals surface area contributed by atoms with E-state index < -0.39 is 0 Å². The fraction of sp³-hybridized carbons (Fsp3) is 1.00. The first-order valence-electron chi connectivity index (χ1n) is 9.29. The molecule has 2 aliphatic heterocycles. The Hall–Kier alpha value is -0.120. The van der Waals surface area contributed by atoms with Crippen LogP contribution in [-0.4, -0.2) is 48.8 Å². The highest BCUT2D eigenvalue weighted by Gasteiger charge is 2.42. The molecule has 1 atom stereocenters. The fourth-order valence-electron chi connectivity index (χ4n) is 4.47. The Morgan fingerprint density at radius 3 is 2.48 bits per heavy atom. The molecule has 1 spiro atoms. The lowest BCUT2D eigenvalue weighted by molar-refractivity contribution is -0.0498. The van der Waals surface area contributed by atoms with Crippen molar-refractivity contribution in [2.24, 2.45) is 5.92 Å². The number of nitrogens with zero attached hydrogens (tertiary/aromatic N) is 1. The van der Waals surface area contributed by atoms with Gasteiger partial charge in [-0.1, -0.05) is 26.7 Å². The van der Waals surface area contributed by atoms with Gasteiger partial charge in [0.05, 0.1) is 11.7 Å². The molecule has 2 heterocycles. The highest BCUT2D eigenvalue weighted by atomic mass is 16.5. The van der Waals surface area contributed by atoms with Crippen molar-refractivity contribution < 1.29 is 4.74 Å². The van der Waals surface area contributed by atoms with Gasteiger partial charge in [0.15, 0.2) is 0 Å². The van der Waals surface area contributed by atoms with Crippen molar-refractivity contribution in [3.63, 3.8) is 0 Å². The molecule has 1 saturated carbocycles. The minimum atomic E-state index is 0.310. The minimum Gasteiger partial charge on any atom is -0.370 e. The number of rotatable bonds is 5. The van der Waals surface area contributed by atoms with Gasteiger partial charge in [0, 0.05) is 12.6 Å². The molecule has 0 aromatic carbocycles. The summed E-state index contributed by atoms with van der Waals surface area (Å²) in [7, 11) is 0. The second kappa shape index (κ2) is 6.97. The van der Waals surface area contributed by atoms with Crippen LogP contribution in [0.25, 0.3) is 0 Å². The molecule has 3 heteroatoms. The Morgan fingerprint density at radius 1 is 1.10 bits per heavy atom. The maximum Gasteiger partial charge on any atom is 0.0710 e. The van der Waals surface area contributed by atoms with E-state index in [0.29, 0.717) is 17.7 Å². The molecule has 122 valence electrons. The Kier molecular flexibility index (Phi) is 5.23. The van der Waals surface area contributed by atoms with E-state index in [9.17, 15) is 0 Å². The van der Waals surface area contributed by atoms with Crippen molar-refractivity contribution in [3.8, 4) is 0 Å². The lowest BCUT2D eigenvalue weighted by Gasteiger charge is -2.34. The summed E-state index contributed by atoms with van der Waals surface area (Å²) in [6, 6.07) is 0.623. The third kappa shape index (κ3) is 4.20. The molecule has 0 bridgehead atoms. The van der Waals surface area contributed by atoms with Crippen LogP contribution in [0.3, 0.4) is 0 Å². The SMILES string of the molecule is CC(C)NCC1CCN(CC2CCC3(CCCC3)O2)CC1. The quantitative estimate of drug-likeness (QED) is 0.843. The molecule has 3 nitrogen and oxygen atoms in total. The van der Waals surface area contributed by atoms with Gasteiger partial charge in [0.25, 0.3) is 0 Å². The lowest BCUT2D eigenvalue weighted by atomic mass is 9.96. The van der Waals surface area contributed by atoms with Crippen LogP contribution in [0, 0.1) is 5.92 Å². The van der Waals surface area contributed by atoms with Crippen LogP contribution in [0.5, 0.6) is 0 Å². The fourth-order valence-corrected chi connectivity index (χ4v) is 4.47. The average Bonchev–Trinajstić information content (AvgIpc) is 3.09. The highest BCUT2D eigenvalue weighted by Crippen LogP contribution is 2.43. The van der Waals surface area contributed by atoms with E-state index in [0.717, 1.165) is 5.92 Å². The van der Waals surface area contributed by atoms with Crippen molar-refractivity contribution in [1.82, 2.24) is 10.2 Å². The lowest BCUT2D eigenvalue weighted by Crippen LogP contribution is -2.42. The van der Waals surface area contributed by atoms with Crippen LogP contribution >= 0.6 is 0 Å². The van der Waals surface area contributed by atoms with Gasteiger partial charge in [-0.05, 0) is 64.1 Å². The molecule has 21 heavy (non-hydrogen) atoms. The van der Waals surface area contributed by atoms with Gasteiger partial charge in [-0.25, -0.2) is 0 Å². The summed E-state index contributed by atoms with van der Waals surface area (Å²) < 4.78 is 6.46. The van der Waals surface area contributed by atoms with Crippen molar-refractivity contribution in [3.05, 3.63) is 0 Å².